The maximum absolute atomic E-state index is 11.2. The van der Waals surface area contributed by atoms with Crippen LogP contribution in [0.3, 0.4) is 0 Å². The highest BCUT2D eigenvalue weighted by molar-refractivity contribution is 5.70. The van der Waals surface area contributed by atoms with Gasteiger partial charge in [-0.05, 0) is 39.4 Å². The lowest BCUT2D eigenvalue weighted by molar-refractivity contribution is -0.142. The van der Waals surface area contributed by atoms with Gasteiger partial charge in [0.25, 0.3) is 0 Å². The number of carbonyl (C=O) groups is 1. The van der Waals surface area contributed by atoms with Gasteiger partial charge in [0.15, 0.2) is 0 Å². The number of nitrogens with zero attached hydrogens (tertiary/aromatic N) is 4. The van der Waals surface area contributed by atoms with E-state index in [1.165, 1.54) is 0 Å². The third-order valence-electron chi connectivity index (χ3n) is 4.41. The van der Waals surface area contributed by atoms with Crippen molar-refractivity contribution in [2.75, 3.05) is 20.1 Å². The predicted octanol–water partition coefficient (Wildman–Crippen LogP) is 0.734. The molecule has 1 aromatic rings. The van der Waals surface area contributed by atoms with Gasteiger partial charge in [0.1, 0.15) is 11.6 Å². The number of hydrogen-bond donors (Lipinski definition) is 1. The van der Waals surface area contributed by atoms with E-state index in [-0.39, 0.29) is 5.92 Å². The zero-order valence-corrected chi connectivity index (χ0v) is 11.2. The molecular formula is C13H20N4O2. The SMILES string of the molecule is CN1CCC(c2nnc3n2CC(C(=O)O)CC3)CC1. The van der Waals surface area contributed by atoms with Gasteiger partial charge in [0, 0.05) is 18.9 Å². The van der Waals surface area contributed by atoms with Crippen LogP contribution in [0.4, 0.5) is 0 Å². The molecule has 1 unspecified atom stereocenters. The van der Waals surface area contributed by atoms with E-state index in [1.807, 2.05) is 0 Å². The molecule has 1 aromatic heterocycles. The number of fused-ring (bicyclic) bond motifs is 1. The molecule has 2 aliphatic heterocycles. The van der Waals surface area contributed by atoms with Crippen LogP contribution >= 0.6 is 0 Å². The molecule has 1 N–H and O–H groups in total. The fourth-order valence-corrected chi connectivity index (χ4v) is 3.12. The zero-order valence-electron chi connectivity index (χ0n) is 11.2. The Bertz CT molecular complexity index is 477. The van der Waals surface area contributed by atoms with Crippen molar-refractivity contribution in [1.82, 2.24) is 19.7 Å². The second-order valence-electron chi connectivity index (χ2n) is 5.74. The van der Waals surface area contributed by atoms with Gasteiger partial charge in [0.05, 0.1) is 5.92 Å². The Morgan fingerprint density at radius 3 is 2.68 bits per heavy atom. The molecule has 0 radical (unpaired) electrons. The second-order valence-corrected chi connectivity index (χ2v) is 5.74. The highest BCUT2D eigenvalue weighted by Gasteiger charge is 2.30. The van der Waals surface area contributed by atoms with E-state index in [0.717, 1.165) is 44.0 Å². The van der Waals surface area contributed by atoms with Crippen LogP contribution in [0.25, 0.3) is 0 Å². The fraction of sp³-hybridized carbons (Fsp3) is 0.769. The van der Waals surface area contributed by atoms with Crippen molar-refractivity contribution >= 4 is 5.97 Å². The predicted molar refractivity (Wildman–Crippen MR) is 68.9 cm³/mol. The molecule has 2 aliphatic rings. The van der Waals surface area contributed by atoms with Crippen LogP contribution < -0.4 is 0 Å². The van der Waals surface area contributed by atoms with Crippen LogP contribution in [0.5, 0.6) is 0 Å². The van der Waals surface area contributed by atoms with Gasteiger partial charge in [0.2, 0.25) is 0 Å². The Balaban J connectivity index is 1.81. The molecule has 0 aromatic carbocycles. The zero-order chi connectivity index (χ0) is 13.4. The van der Waals surface area contributed by atoms with Gasteiger partial charge in [-0.1, -0.05) is 0 Å². The number of aliphatic carboxylic acids is 1. The molecule has 19 heavy (non-hydrogen) atoms. The quantitative estimate of drug-likeness (QED) is 0.853. The lowest BCUT2D eigenvalue weighted by atomic mass is 9.94. The summed E-state index contributed by atoms with van der Waals surface area (Å²) in [5.74, 6) is 1.42. The molecule has 0 amide bonds. The van der Waals surface area contributed by atoms with Gasteiger partial charge in [-0.25, -0.2) is 0 Å². The van der Waals surface area contributed by atoms with Crippen molar-refractivity contribution in [3.8, 4) is 0 Å². The molecule has 0 aliphatic carbocycles. The van der Waals surface area contributed by atoms with E-state index in [1.54, 1.807) is 0 Å². The number of rotatable bonds is 2. The summed E-state index contributed by atoms with van der Waals surface area (Å²) in [4.78, 5) is 13.5. The molecule has 3 heterocycles. The second kappa shape index (κ2) is 4.92. The van der Waals surface area contributed by atoms with E-state index in [4.69, 9.17) is 0 Å². The Labute approximate surface area is 112 Å². The lowest BCUT2D eigenvalue weighted by Crippen LogP contribution is -2.32. The number of carboxylic acid groups (broad SMARTS) is 1. The normalized spacial score (nSPS) is 25.2. The molecule has 1 fully saturated rings. The monoisotopic (exact) mass is 264 g/mol. The molecule has 3 rings (SSSR count). The third-order valence-corrected chi connectivity index (χ3v) is 4.41. The molecule has 6 heteroatoms. The van der Waals surface area contributed by atoms with Crippen molar-refractivity contribution in [2.24, 2.45) is 5.92 Å². The Morgan fingerprint density at radius 2 is 2.00 bits per heavy atom. The van der Waals surface area contributed by atoms with Crippen LogP contribution in [-0.4, -0.2) is 50.9 Å². The first kappa shape index (κ1) is 12.6. The largest absolute Gasteiger partial charge is 0.481 e. The number of aromatic nitrogens is 3. The average Bonchev–Trinajstić information content (AvgIpc) is 2.82. The van der Waals surface area contributed by atoms with E-state index >= 15 is 0 Å². The number of likely N-dealkylation sites (tertiary alicyclic amines) is 1. The molecule has 0 bridgehead atoms. The van der Waals surface area contributed by atoms with Gasteiger partial charge in [-0.2, -0.15) is 0 Å². The topological polar surface area (TPSA) is 71.2 Å². The van der Waals surface area contributed by atoms with Crippen LogP contribution in [0.15, 0.2) is 0 Å². The van der Waals surface area contributed by atoms with Crippen molar-refractivity contribution < 1.29 is 9.90 Å². The average molecular weight is 264 g/mol. The number of aryl methyl sites for hydroxylation is 1. The van der Waals surface area contributed by atoms with E-state index in [0.29, 0.717) is 18.9 Å². The highest BCUT2D eigenvalue weighted by atomic mass is 16.4. The standard InChI is InChI=1S/C13H20N4O2/c1-16-6-4-9(5-7-16)12-15-14-11-3-2-10(13(18)19)8-17(11)12/h9-10H,2-8H2,1H3,(H,18,19). The molecule has 104 valence electrons. The minimum atomic E-state index is -0.700. The smallest absolute Gasteiger partial charge is 0.308 e. The first-order valence-electron chi connectivity index (χ1n) is 6.98. The van der Waals surface area contributed by atoms with Crippen molar-refractivity contribution in [3.05, 3.63) is 11.6 Å². The Hall–Kier alpha value is -1.43. The summed E-state index contributed by atoms with van der Waals surface area (Å²) in [6.45, 7) is 2.70. The summed E-state index contributed by atoms with van der Waals surface area (Å²) < 4.78 is 2.07. The van der Waals surface area contributed by atoms with Crippen molar-refractivity contribution in [1.29, 1.82) is 0 Å². The van der Waals surface area contributed by atoms with Crippen molar-refractivity contribution in [3.63, 3.8) is 0 Å². The first-order valence-corrected chi connectivity index (χ1v) is 6.98. The molecule has 1 saturated heterocycles. The van der Waals surface area contributed by atoms with Gasteiger partial charge in [-0.15, -0.1) is 10.2 Å². The van der Waals surface area contributed by atoms with Gasteiger partial charge in [-0.3, -0.25) is 4.79 Å². The minimum Gasteiger partial charge on any atom is -0.481 e. The molecule has 6 nitrogen and oxygen atoms in total. The molecule has 0 spiro atoms. The summed E-state index contributed by atoms with van der Waals surface area (Å²) in [5, 5.41) is 17.8. The summed E-state index contributed by atoms with van der Waals surface area (Å²) in [5.41, 5.74) is 0. The maximum atomic E-state index is 11.2. The van der Waals surface area contributed by atoms with Gasteiger partial charge < -0.3 is 14.6 Å². The first-order chi connectivity index (χ1) is 9.15. The number of hydrogen-bond acceptors (Lipinski definition) is 4. The molecule has 0 saturated carbocycles. The van der Waals surface area contributed by atoms with Crippen LogP contribution in [-0.2, 0) is 17.8 Å². The number of piperidine rings is 1. The minimum absolute atomic E-state index is 0.284. The van der Waals surface area contributed by atoms with Gasteiger partial charge >= 0.3 is 5.97 Å². The fourth-order valence-electron chi connectivity index (χ4n) is 3.12. The molecule has 1 atom stereocenters. The summed E-state index contributed by atoms with van der Waals surface area (Å²) >= 11 is 0. The Kier molecular flexibility index (Phi) is 3.26. The number of carboxylic acids is 1. The van der Waals surface area contributed by atoms with Crippen LogP contribution in [0.2, 0.25) is 0 Å². The van der Waals surface area contributed by atoms with E-state index in [2.05, 4.69) is 26.7 Å². The summed E-state index contributed by atoms with van der Waals surface area (Å²) in [7, 11) is 2.13. The summed E-state index contributed by atoms with van der Waals surface area (Å²) in [6, 6.07) is 0. The Morgan fingerprint density at radius 1 is 1.26 bits per heavy atom. The lowest BCUT2D eigenvalue weighted by Gasteiger charge is -2.30. The van der Waals surface area contributed by atoms with E-state index in [9.17, 15) is 9.90 Å². The van der Waals surface area contributed by atoms with Crippen LogP contribution in [0, 0.1) is 5.92 Å². The maximum Gasteiger partial charge on any atom is 0.308 e. The van der Waals surface area contributed by atoms with E-state index < -0.39 is 5.97 Å². The molecular weight excluding hydrogens is 244 g/mol. The highest BCUT2D eigenvalue weighted by Crippen LogP contribution is 2.29. The summed E-state index contributed by atoms with van der Waals surface area (Å²) in [6.07, 6.45) is 3.59. The van der Waals surface area contributed by atoms with Crippen LogP contribution in [0.1, 0.15) is 36.8 Å². The van der Waals surface area contributed by atoms with Crippen molar-refractivity contribution in [2.45, 2.75) is 38.1 Å². The third kappa shape index (κ3) is 2.36.